The number of halogens is 1. The van der Waals surface area contributed by atoms with E-state index in [9.17, 15) is 9.65 Å². The van der Waals surface area contributed by atoms with Crippen LogP contribution in [0.2, 0.25) is 0 Å². The van der Waals surface area contributed by atoms with E-state index in [0.29, 0.717) is 5.39 Å². The highest BCUT2D eigenvalue weighted by atomic mass is 32.1. The van der Waals surface area contributed by atoms with Crippen molar-refractivity contribution in [2.45, 2.75) is 26.7 Å². The summed E-state index contributed by atoms with van der Waals surface area (Å²) in [5.74, 6) is -0.901. The number of thiazole rings is 1. The summed E-state index contributed by atoms with van der Waals surface area (Å²) in [5.41, 5.74) is 4.49. The minimum atomic E-state index is -0.415. The average Bonchev–Trinajstić information content (AvgIpc) is 3.08. The van der Waals surface area contributed by atoms with Gasteiger partial charge in [-0.3, -0.25) is 4.99 Å². The Balaban J connectivity index is 2.03. The van der Waals surface area contributed by atoms with Crippen LogP contribution in [-0.2, 0) is 0 Å². The smallest absolute Gasteiger partial charge is 0.131 e. The minimum absolute atomic E-state index is 0.233. The maximum Gasteiger partial charge on any atom is 0.131 e. The van der Waals surface area contributed by atoms with E-state index in [0.717, 1.165) is 38.6 Å². The second-order valence-corrected chi connectivity index (χ2v) is 7.67. The van der Waals surface area contributed by atoms with E-state index in [2.05, 4.69) is 16.0 Å². The molecular weight excluding hydrogens is 357 g/mol. The number of allylic oxidation sites excluding steroid dienone is 2. The van der Waals surface area contributed by atoms with E-state index in [-0.39, 0.29) is 11.7 Å². The van der Waals surface area contributed by atoms with Crippen molar-refractivity contribution in [3.05, 3.63) is 69.6 Å². The SMILES string of the molecule is CC1=NC(C)=C(c2nc(C)cs2)C(c2ccc(F)c3ccccc23)C1C#N. The largest absolute Gasteiger partial charge is 0.261 e. The molecule has 0 spiro atoms. The lowest BCUT2D eigenvalue weighted by atomic mass is 9.75. The first kappa shape index (κ1) is 17.6. The van der Waals surface area contributed by atoms with Gasteiger partial charge in [0, 0.05) is 39.4 Å². The number of hydrogen-bond acceptors (Lipinski definition) is 4. The summed E-state index contributed by atoms with van der Waals surface area (Å²) < 4.78 is 14.4. The van der Waals surface area contributed by atoms with Crippen molar-refractivity contribution >= 4 is 33.4 Å². The van der Waals surface area contributed by atoms with Crippen molar-refractivity contribution in [2.24, 2.45) is 10.9 Å². The van der Waals surface area contributed by atoms with E-state index in [4.69, 9.17) is 0 Å². The van der Waals surface area contributed by atoms with Gasteiger partial charge in [-0.15, -0.1) is 11.3 Å². The predicted octanol–water partition coefficient (Wildman–Crippen LogP) is 5.87. The first-order chi connectivity index (χ1) is 13.0. The zero-order chi connectivity index (χ0) is 19.1. The van der Waals surface area contributed by atoms with Gasteiger partial charge in [0.2, 0.25) is 0 Å². The van der Waals surface area contributed by atoms with Crippen LogP contribution in [0.15, 0.2) is 52.5 Å². The van der Waals surface area contributed by atoms with Gasteiger partial charge < -0.3 is 0 Å². The van der Waals surface area contributed by atoms with Crippen molar-refractivity contribution < 1.29 is 4.39 Å². The Labute approximate surface area is 161 Å². The Morgan fingerprint density at radius 2 is 1.81 bits per heavy atom. The number of aromatic nitrogens is 1. The fourth-order valence-electron chi connectivity index (χ4n) is 3.85. The molecule has 3 nitrogen and oxygen atoms in total. The molecule has 2 heterocycles. The predicted molar refractivity (Wildman–Crippen MR) is 108 cm³/mol. The molecule has 0 aliphatic carbocycles. The first-order valence-electron chi connectivity index (χ1n) is 8.76. The molecule has 1 aliphatic heterocycles. The van der Waals surface area contributed by atoms with E-state index in [1.807, 2.05) is 44.4 Å². The molecule has 5 heteroatoms. The standard InChI is InChI=1S/C22H18FN3S/c1-12-11-27-22(25-12)20-14(3)26-13(2)18(10-24)21(20)17-8-9-19(23)16-7-5-4-6-15(16)17/h4-9,11,18,21H,1-3H3. The highest BCUT2D eigenvalue weighted by Crippen LogP contribution is 2.46. The Bertz CT molecular complexity index is 1150. The maximum absolute atomic E-state index is 14.4. The number of fused-ring (bicyclic) bond motifs is 1. The summed E-state index contributed by atoms with van der Waals surface area (Å²) in [4.78, 5) is 9.30. The van der Waals surface area contributed by atoms with Crippen molar-refractivity contribution in [3.8, 4) is 6.07 Å². The molecule has 3 aromatic rings. The molecule has 4 rings (SSSR count). The van der Waals surface area contributed by atoms with Gasteiger partial charge in [-0.1, -0.05) is 30.3 Å². The Kier molecular flexibility index (Phi) is 4.37. The van der Waals surface area contributed by atoms with Crippen LogP contribution >= 0.6 is 11.3 Å². The molecule has 0 saturated heterocycles. The topological polar surface area (TPSA) is 49.0 Å². The van der Waals surface area contributed by atoms with Gasteiger partial charge in [-0.25, -0.2) is 9.37 Å². The number of nitrogens with zero attached hydrogens (tertiary/aromatic N) is 3. The Morgan fingerprint density at radius 1 is 1.07 bits per heavy atom. The quantitative estimate of drug-likeness (QED) is 0.562. The second kappa shape index (κ2) is 6.71. The first-order valence-corrected chi connectivity index (χ1v) is 9.64. The van der Waals surface area contributed by atoms with Gasteiger partial charge in [0.1, 0.15) is 10.8 Å². The van der Waals surface area contributed by atoms with Crippen LogP contribution in [0.25, 0.3) is 16.3 Å². The van der Waals surface area contributed by atoms with Crippen molar-refractivity contribution in [3.63, 3.8) is 0 Å². The number of rotatable bonds is 2. The number of benzene rings is 2. The highest BCUT2D eigenvalue weighted by molar-refractivity contribution is 7.10. The van der Waals surface area contributed by atoms with Crippen LogP contribution in [-0.4, -0.2) is 10.7 Å². The average molecular weight is 375 g/mol. The normalized spacial score (nSPS) is 19.9. The molecular formula is C22H18FN3S. The van der Waals surface area contributed by atoms with Gasteiger partial charge in [-0.2, -0.15) is 5.26 Å². The maximum atomic E-state index is 14.4. The third-order valence-corrected chi connectivity index (χ3v) is 6.05. The van der Waals surface area contributed by atoms with Crippen LogP contribution in [0.4, 0.5) is 4.39 Å². The van der Waals surface area contributed by atoms with Crippen LogP contribution in [0.3, 0.4) is 0 Å². The lowest BCUT2D eigenvalue weighted by molar-refractivity contribution is 0.638. The van der Waals surface area contributed by atoms with Gasteiger partial charge in [-0.05, 0) is 37.8 Å². The Morgan fingerprint density at radius 3 is 2.48 bits per heavy atom. The molecule has 0 fully saturated rings. The molecule has 0 radical (unpaired) electrons. The fourth-order valence-corrected chi connectivity index (χ4v) is 4.79. The van der Waals surface area contributed by atoms with Crippen LogP contribution < -0.4 is 0 Å². The third-order valence-electron chi connectivity index (χ3n) is 5.06. The van der Waals surface area contributed by atoms with Gasteiger partial charge in [0.25, 0.3) is 0 Å². The summed E-state index contributed by atoms with van der Waals surface area (Å²) >= 11 is 1.56. The molecule has 0 N–H and O–H groups in total. The van der Waals surface area contributed by atoms with E-state index < -0.39 is 5.92 Å². The molecule has 2 aromatic carbocycles. The number of nitriles is 1. The van der Waals surface area contributed by atoms with Crippen molar-refractivity contribution in [2.75, 3.05) is 0 Å². The van der Waals surface area contributed by atoms with Gasteiger partial charge >= 0.3 is 0 Å². The lowest BCUT2D eigenvalue weighted by Crippen LogP contribution is -2.25. The van der Waals surface area contributed by atoms with Crippen LogP contribution in [0, 0.1) is 30.0 Å². The number of aryl methyl sites for hydroxylation is 1. The second-order valence-electron chi connectivity index (χ2n) is 6.81. The molecule has 2 atom stereocenters. The molecule has 2 unspecified atom stereocenters. The Hall–Kier alpha value is -2.84. The summed E-state index contributed by atoms with van der Waals surface area (Å²) in [6.07, 6.45) is 0. The zero-order valence-electron chi connectivity index (χ0n) is 15.3. The third kappa shape index (κ3) is 2.87. The monoisotopic (exact) mass is 375 g/mol. The minimum Gasteiger partial charge on any atom is -0.261 e. The summed E-state index contributed by atoms with van der Waals surface area (Å²) in [6.45, 7) is 5.80. The molecule has 0 bridgehead atoms. The number of hydrogen-bond donors (Lipinski definition) is 0. The van der Waals surface area contributed by atoms with Crippen LogP contribution in [0.1, 0.15) is 36.0 Å². The van der Waals surface area contributed by atoms with Crippen molar-refractivity contribution in [1.29, 1.82) is 5.26 Å². The highest BCUT2D eigenvalue weighted by Gasteiger charge is 2.36. The van der Waals surface area contributed by atoms with E-state index in [1.54, 1.807) is 23.5 Å². The van der Waals surface area contributed by atoms with E-state index >= 15 is 0 Å². The van der Waals surface area contributed by atoms with Crippen LogP contribution in [0.5, 0.6) is 0 Å². The van der Waals surface area contributed by atoms with Crippen molar-refractivity contribution in [1.82, 2.24) is 4.98 Å². The molecule has 0 amide bonds. The van der Waals surface area contributed by atoms with Gasteiger partial charge in [0.15, 0.2) is 0 Å². The lowest BCUT2D eigenvalue weighted by Gasteiger charge is -2.30. The molecule has 1 aliphatic rings. The fraction of sp³-hybridized carbons (Fsp3) is 0.227. The van der Waals surface area contributed by atoms with E-state index in [1.165, 1.54) is 6.07 Å². The van der Waals surface area contributed by atoms with Gasteiger partial charge in [0.05, 0.1) is 12.0 Å². The molecule has 27 heavy (non-hydrogen) atoms. The molecule has 134 valence electrons. The molecule has 1 aromatic heterocycles. The number of aliphatic imine (C=N–C) groups is 1. The summed E-state index contributed by atoms with van der Waals surface area (Å²) in [6, 6.07) is 13.2. The molecule has 0 saturated carbocycles. The summed E-state index contributed by atoms with van der Waals surface area (Å²) in [5, 5.41) is 14.2. The summed E-state index contributed by atoms with van der Waals surface area (Å²) in [7, 11) is 0. The zero-order valence-corrected chi connectivity index (χ0v) is 16.1.